The van der Waals surface area contributed by atoms with Gasteiger partial charge >= 0.3 is 0 Å². The SMILES string of the molecule is CC(C#N)CN(C(=O)c1csc(I)c1)C1CC1. The third-order valence-corrected chi connectivity index (χ3v) is 4.54. The quantitative estimate of drug-likeness (QED) is 0.775. The van der Waals surface area contributed by atoms with Gasteiger partial charge in [-0.25, -0.2) is 0 Å². The van der Waals surface area contributed by atoms with Crippen LogP contribution in [-0.4, -0.2) is 23.4 Å². The molecular weight excluding hydrogens is 347 g/mol. The van der Waals surface area contributed by atoms with E-state index in [0.29, 0.717) is 12.6 Å². The summed E-state index contributed by atoms with van der Waals surface area (Å²) in [6.07, 6.45) is 2.15. The van der Waals surface area contributed by atoms with Gasteiger partial charge in [0.25, 0.3) is 5.91 Å². The number of carbonyl (C=O) groups is 1. The molecule has 1 aromatic rings. The van der Waals surface area contributed by atoms with Crippen molar-refractivity contribution in [1.82, 2.24) is 4.90 Å². The predicted octanol–water partition coefficient (Wildman–Crippen LogP) is 3.12. The van der Waals surface area contributed by atoms with Crippen molar-refractivity contribution in [2.24, 2.45) is 5.92 Å². The van der Waals surface area contributed by atoms with Crippen molar-refractivity contribution in [3.63, 3.8) is 0 Å². The van der Waals surface area contributed by atoms with E-state index in [2.05, 4.69) is 28.7 Å². The van der Waals surface area contributed by atoms with Crippen molar-refractivity contribution in [2.75, 3.05) is 6.54 Å². The summed E-state index contributed by atoms with van der Waals surface area (Å²) < 4.78 is 1.12. The van der Waals surface area contributed by atoms with Crippen molar-refractivity contribution < 1.29 is 4.79 Å². The Labute approximate surface area is 119 Å². The van der Waals surface area contributed by atoms with Gasteiger partial charge in [-0.05, 0) is 48.4 Å². The number of nitriles is 1. The van der Waals surface area contributed by atoms with E-state index in [0.717, 1.165) is 21.3 Å². The van der Waals surface area contributed by atoms with Crippen molar-refractivity contribution in [3.05, 3.63) is 19.9 Å². The highest BCUT2D eigenvalue weighted by molar-refractivity contribution is 14.1. The summed E-state index contributed by atoms with van der Waals surface area (Å²) in [7, 11) is 0. The largest absolute Gasteiger partial charge is 0.334 e. The van der Waals surface area contributed by atoms with Crippen molar-refractivity contribution in [3.8, 4) is 6.07 Å². The average Bonchev–Trinajstić information content (AvgIpc) is 3.07. The van der Waals surface area contributed by atoms with Crippen LogP contribution in [0.5, 0.6) is 0 Å². The molecule has 1 heterocycles. The summed E-state index contributed by atoms with van der Waals surface area (Å²) in [6.45, 7) is 2.41. The van der Waals surface area contributed by atoms with E-state index in [9.17, 15) is 4.79 Å². The zero-order valence-corrected chi connectivity index (χ0v) is 12.5. The summed E-state index contributed by atoms with van der Waals surface area (Å²) in [5, 5.41) is 10.8. The summed E-state index contributed by atoms with van der Waals surface area (Å²) in [6, 6.07) is 4.47. The highest BCUT2D eigenvalue weighted by Crippen LogP contribution is 2.30. The molecule has 90 valence electrons. The minimum absolute atomic E-state index is 0.0776. The monoisotopic (exact) mass is 360 g/mol. The molecule has 0 N–H and O–H groups in total. The van der Waals surface area contributed by atoms with Crippen molar-refractivity contribution in [1.29, 1.82) is 5.26 Å². The number of rotatable bonds is 4. The highest BCUT2D eigenvalue weighted by Gasteiger charge is 2.34. The lowest BCUT2D eigenvalue weighted by Crippen LogP contribution is -2.36. The van der Waals surface area contributed by atoms with Crippen LogP contribution in [0.3, 0.4) is 0 Å². The van der Waals surface area contributed by atoms with Crippen LogP contribution in [0.4, 0.5) is 0 Å². The Morgan fingerprint density at radius 1 is 1.76 bits per heavy atom. The number of nitrogens with zero attached hydrogens (tertiary/aromatic N) is 2. The molecule has 1 aliphatic carbocycles. The summed E-state index contributed by atoms with van der Waals surface area (Å²) in [5.41, 5.74) is 0.761. The molecule has 0 saturated heterocycles. The highest BCUT2D eigenvalue weighted by atomic mass is 127. The van der Waals surface area contributed by atoms with Crippen molar-refractivity contribution >= 4 is 39.8 Å². The third-order valence-electron chi connectivity index (χ3n) is 2.75. The van der Waals surface area contributed by atoms with E-state index in [1.54, 1.807) is 11.3 Å². The van der Waals surface area contributed by atoms with Gasteiger partial charge in [0.1, 0.15) is 0 Å². The number of hydrogen-bond acceptors (Lipinski definition) is 3. The molecule has 2 rings (SSSR count). The van der Waals surface area contributed by atoms with Crippen LogP contribution in [0.2, 0.25) is 0 Å². The van der Waals surface area contributed by atoms with Gasteiger partial charge in [-0.1, -0.05) is 0 Å². The molecular formula is C12H13IN2OS. The molecule has 0 aromatic carbocycles. The van der Waals surface area contributed by atoms with Crippen LogP contribution in [0, 0.1) is 20.1 Å². The summed E-state index contributed by atoms with van der Waals surface area (Å²) in [5.74, 6) is -0.0222. The first-order chi connectivity index (χ1) is 8.11. The van der Waals surface area contributed by atoms with Crippen LogP contribution >= 0.6 is 33.9 Å². The first-order valence-electron chi connectivity index (χ1n) is 5.56. The van der Waals surface area contributed by atoms with E-state index in [1.165, 1.54) is 0 Å². The Morgan fingerprint density at radius 2 is 2.47 bits per heavy atom. The molecule has 0 aliphatic heterocycles. The lowest BCUT2D eigenvalue weighted by molar-refractivity contribution is 0.0730. The first kappa shape index (κ1) is 12.8. The molecule has 1 atom stereocenters. The van der Waals surface area contributed by atoms with Gasteiger partial charge in [-0.15, -0.1) is 11.3 Å². The van der Waals surface area contributed by atoms with Crippen LogP contribution in [0.1, 0.15) is 30.1 Å². The van der Waals surface area contributed by atoms with E-state index in [4.69, 9.17) is 5.26 Å². The maximum absolute atomic E-state index is 12.3. The molecule has 0 radical (unpaired) electrons. The minimum atomic E-state index is -0.0998. The molecule has 17 heavy (non-hydrogen) atoms. The Morgan fingerprint density at radius 3 is 2.94 bits per heavy atom. The summed E-state index contributed by atoms with van der Waals surface area (Å²) in [4.78, 5) is 14.2. The fraction of sp³-hybridized carbons (Fsp3) is 0.500. The third kappa shape index (κ3) is 3.19. The zero-order valence-electron chi connectivity index (χ0n) is 9.52. The second kappa shape index (κ2) is 5.36. The molecule has 1 amide bonds. The average molecular weight is 360 g/mol. The van der Waals surface area contributed by atoms with Gasteiger partial charge in [0, 0.05) is 18.0 Å². The second-order valence-corrected chi connectivity index (χ2v) is 7.16. The van der Waals surface area contributed by atoms with E-state index in [1.807, 2.05) is 23.3 Å². The molecule has 5 heteroatoms. The second-order valence-electron chi connectivity index (χ2n) is 4.36. The van der Waals surface area contributed by atoms with Crippen molar-refractivity contribution in [2.45, 2.75) is 25.8 Å². The van der Waals surface area contributed by atoms with Gasteiger partial charge in [-0.2, -0.15) is 5.26 Å². The Hall–Kier alpha value is -0.610. The van der Waals surface area contributed by atoms with E-state index < -0.39 is 0 Å². The van der Waals surface area contributed by atoms with Crippen LogP contribution < -0.4 is 0 Å². The molecule has 1 unspecified atom stereocenters. The fourth-order valence-corrected chi connectivity index (χ4v) is 3.03. The van der Waals surface area contributed by atoms with E-state index >= 15 is 0 Å². The number of carbonyl (C=O) groups excluding carboxylic acids is 1. The van der Waals surface area contributed by atoms with Crippen LogP contribution in [0.25, 0.3) is 0 Å². The molecule has 1 aromatic heterocycles. The number of thiophene rings is 1. The number of amides is 1. The van der Waals surface area contributed by atoms with E-state index in [-0.39, 0.29) is 11.8 Å². The van der Waals surface area contributed by atoms with Gasteiger partial charge in [0.05, 0.1) is 20.4 Å². The molecule has 0 bridgehead atoms. The van der Waals surface area contributed by atoms with Gasteiger partial charge < -0.3 is 4.90 Å². The van der Waals surface area contributed by atoms with Gasteiger partial charge in [0.2, 0.25) is 0 Å². The molecule has 1 fully saturated rings. The van der Waals surface area contributed by atoms with Crippen LogP contribution in [0.15, 0.2) is 11.4 Å². The lowest BCUT2D eigenvalue weighted by atomic mass is 10.1. The minimum Gasteiger partial charge on any atom is -0.334 e. The Balaban J connectivity index is 2.11. The predicted molar refractivity (Wildman–Crippen MR) is 75.9 cm³/mol. The fourth-order valence-electron chi connectivity index (χ4n) is 1.71. The van der Waals surface area contributed by atoms with Gasteiger partial charge in [0.15, 0.2) is 0 Å². The Kier molecular flexibility index (Phi) is 4.05. The summed E-state index contributed by atoms with van der Waals surface area (Å²) >= 11 is 3.80. The lowest BCUT2D eigenvalue weighted by Gasteiger charge is -2.23. The smallest absolute Gasteiger partial charge is 0.255 e. The maximum Gasteiger partial charge on any atom is 0.255 e. The topological polar surface area (TPSA) is 44.1 Å². The molecule has 0 spiro atoms. The Bertz CT molecular complexity index is 461. The zero-order chi connectivity index (χ0) is 12.4. The number of hydrogen-bond donors (Lipinski definition) is 0. The maximum atomic E-state index is 12.3. The first-order valence-corrected chi connectivity index (χ1v) is 7.52. The van der Waals surface area contributed by atoms with Crippen LogP contribution in [-0.2, 0) is 0 Å². The molecule has 3 nitrogen and oxygen atoms in total. The van der Waals surface area contributed by atoms with Gasteiger partial charge in [-0.3, -0.25) is 4.79 Å². The molecule has 1 saturated carbocycles. The normalized spacial score (nSPS) is 16.3. The molecule has 1 aliphatic rings. The number of halogens is 1. The standard InChI is InChI=1S/C12H13IN2OS/c1-8(5-14)6-15(10-2-3-10)12(16)9-4-11(13)17-7-9/h4,7-8,10H,2-3,6H2,1H3.